The van der Waals surface area contributed by atoms with E-state index in [1.165, 1.54) is 25.4 Å². The van der Waals surface area contributed by atoms with Crippen molar-refractivity contribution < 1.29 is 18.3 Å². The Bertz CT molecular complexity index is 1240. The van der Waals surface area contributed by atoms with Crippen LogP contribution in [0.2, 0.25) is 0 Å². The number of hydrogen-bond acceptors (Lipinski definition) is 11. The van der Waals surface area contributed by atoms with Crippen LogP contribution in [0.4, 0.5) is 26.1 Å². The molecule has 4 rings (SSSR count). The molecule has 4 N–H and O–H groups in total. The van der Waals surface area contributed by atoms with E-state index in [0.29, 0.717) is 31.2 Å². The first kappa shape index (κ1) is 24.8. The highest BCUT2D eigenvalue weighted by Gasteiger charge is 2.23. The molecule has 0 radical (unpaired) electrons. The van der Waals surface area contributed by atoms with E-state index in [-0.39, 0.29) is 28.9 Å². The number of halogens is 2. The van der Waals surface area contributed by atoms with E-state index in [2.05, 4.69) is 46.4 Å². The van der Waals surface area contributed by atoms with Gasteiger partial charge < -0.3 is 26.0 Å². The molecule has 1 amide bonds. The molecule has 36 heavy (non-hydrogen) atoms. The molecule has 3 aromatic rings. The largest absolute Gasteiger partial charge is 0.380 e. The van der Waals surface area contributed by atoms with Crippen molar-refractivity contribution in [3.8, 4) is 6.07 Å². The molecule has 14 heteroatoms. The molecule has 1 saturated heterocycles. The molecule has 186 valence electrons. The fourth-order valence-electron chi connectivity index (χ4n) is 3.48. The zero-order valence-electron chi connectivity index (χ0n) is 19.1. The summed E-state index contributed by atoms with van der Waals surface area (Å²) in [5.41, 5.74) is 0.0547. The van der Waals surface area contributed by atoms with Gasteiger partial charge in [-0.2, -0.15) is 5.26 Å². The van der Waals surface area contributed by atoms with Crippen LogP contribution < -0.4 is 21.3 Å². The van der Waals surface area contributed by atoms with Gasteiger partial charge in [-0.05, 0) is 6.92 Å². The van der Waals surface area contributed by atoms with Gasteiger partial charge in [0.2, 0.25) is 0 Å². The predicted octanol–water partition coefficient (Wildman–Crippen LogP) is 1.45. The molecule has 0 aliphatic carbocycles. The number of anilines is 3. The Morgan fingerprint density at radius 1 is 1.22 bits per heavy atom. The average Bonchev–Trinajstić information content (AvgIpc) is 2.88. The summed E-state index contributed by atoms with van der Waals surface area (Å²) in [6.07, 6.45) is 4.25. The van der Waals surface area contributed by atoms with Crippen molar-refractivity contribution >= 4 is 23.2 Å². The van der Waals surface area contributed by atoms with Crippen LogP contribution in [-0.2, 0) is 4.74 Å². The maximum Gasteiger partial charge on any atom is 0.274 e. The number of hydrogen-bond donors (Lipinski definition) is 4. The van der Waals surface area contributed by atoms with Crippen LogP contribution >= 0.6 is 0 Å². The van der Waals surface area contributed by atoms with Crippen LogP contribution in [0.25, 0.3) is 0 Å². The van der Waals surface area contributed by atoms with Gasteiger partial charge in [0.05, 0.1) is 49.2 Å². The summed E-state index contributed by atoms with van der Waals surface area (Å²) in [5, 5.41) is 28.7. The molecular formula is C22H22F2N10O2. The normalized spacial score (nSPS) is 16.0. The number of aromatic nitrogens is 5. The number of nitrogens with zero attached hydrogens (tertiary/aromatic N) is 6. The monoisotopic (exact) mass is 496 g/mol. The lowest BCUT2D eigenvalue weighted by Crippen LogP contribution is -2.42. The highest BCUT2D eigenvalue weighted by atomic mass is 19.1. The first-order valence-corrected chi connectivity index (χ1v) is 11.0. The van der Waals surface area contributed by atoms with Crippen molar-refractivity contribution in [2.75, 3.05) is 36.9 Å². The smallest absolute Gasteiger partial charge is 0.274 e. The second kappa shape index (κ2) is 11.4. The number of carbonyl (C=O) groups is 1. The number of ether oxygens (including phenoxy) is 1. The lowest BCUT2D eigenvalue weighted by molar-refractivity contribution is 0.0372. The molecule has 1 fully saturated rings. The Morgan fingerprint density at radius 2 is 2.03 bits per heavy atom. The number of morpholine rings is 1. The molecule has 0 bridgehead atoms. The zero-order valence-corrected chi connectivity index (χ0v) is 19.1. The molecule has 0 spiro atoms. The maximum absolute atomic E-state index is 14.1. The second-order valence-electron chi connectivity index (χ2n) is 7.81. The number of nitriles is 1. The van der Waals surface area contributed by atoms with Crippen molar-refractivity contribution in [1.29, 1.82) is 5.26 Å². The van der Waals surface area contributed by atoms with Crippen molar-refractivity contribution in [2.45, 2.75) is 19.1 Å². The van der Waals surface area contributed by atoms with E-state index in [1.54, 1.807) is 0 Å². The third-order valence-corrected chi connectivity index (χ3v) is 5.23. The first-order valence-electron chi connectivity index (χ1n) is 11.0. The van der Waals surface area contributed by atoms with Crippen LogP contribution in [0.5, 0.6) is 0 Å². The van der Waals surface area contributed by atoms with Gasteiger partial charge in [0.15, 0.2) is 17.2 Å². The highest BCUT2D eigenvalue weighted by Crippen LogP contribution is 2.23. The summed E-state index contributed by atoms with van der Waals surface area (Å²) >= 11 is 0. The minimum absolute atomic E-state index is 0.0862. The summed E-state index contributed by atoms with van der Waals surface area (Å²) in [4.78, 5) is 24.5. The number of pyridine rings is 1. The summed E-state index contributed by atoms with van der Waals surface area (Å²) < 4.78 is 33.9. The Kier molecular flexibility index (Phi) is 7.83. The molecule has 0 aromatic carbocycles. The molecule has 4 heterocycles. The summed E-state index contributed by atoms with van der Waals surface area (Å²) in [5.74, 6) is -1.89. The molecule has 2 atom stereocenters. The third-order valence-electron chi connectivity index (χ3n) is 5.23. The minimum atomic E-state index is -1.01. The van der Waals surface area contributed by atoms with E-state index >= 15 is 0 Å². The molecule has 2 unspecified atom stereocenters. The van der Waals surface area contributed by atoms with Gasteiger partial charge in [-0.15, -0.1) is 10.2 Å². The van der Waals surface area contributed by atoms with Crippen molar-refractivity contribution in [2.24, 2.45) is 0 Å². The van der Waals surface area contributed by atoms with Gasteiger partial charge in [-0.1, -0.05) is 0 Å². The number of amides is 1. The lowest BCUT2D eigenvalue weighted by atomic mass is 10.1. The summed E-state index contributed by atoms with van der Waals surface area (Å²) in [7, 11) is 0. The Hall–Kier alpha value is -4.35. The van der Waals surface area contributed by atoms with Crippen molar-refractivity contribution in [1.82, 2.24) is 35.8 Å². The van der Waals surface area contributed by atoms with Crippen LogP contribution in [0.15, 0.2) is 30.9 Å². The minimum Gasteiger partial charge on any atom is -0.380 e. The first-order chi connectivity index (χ1) is 17.4. The van der Waals surface area contributed by atoms with Crippen LogP contribution in [0, 0.1) is 23.0 Å². The maximum atomic E-state index is 14.1. The van der Waals surface area contributed by atoms with Crippen LogP contribution in [0.3, 0.4) is 0 Å². The number of rotatable bonds is 8. The lowest BCUT2D eigenvalue weighted by Gasteiger charge is -2.24. The summed E-state index contributed by atoms with van der Waals surface area (Å²) in [6.45, 7) is 3.73. The third kappa shape index (κ3) is 6.01. The molecule has 0 saturated carbocycles. The van der Waals surface area contributed by atoms with Gasteiger partial charge in [-0.3, -0.25) is 9.78 Å². The van der Waals surface area contributed by atoms with Crippen molar-refractivity contribution in [3.05, 3.63) is 59.4 Å². The molecule has 1 aliphatic rings. The van der Waals surface area contributed by atoms with Gasteiger partial charge in [0.1, 0.15) is 23.5 Å². The Balaban J connectivity index is 1.55. The van der Waals surface area contributed by atoms with Crippen LogP contribution in [0.1, 0.15) is 34.7 Å². The van der Waals surface area contributed by atoms with E-state index in [4.69, 9.17) is 10.00 Å². The number of carbonyl (C=O) groups excluding carboxylic acids is 1. The fourth-order valence-corrected chi connectivity index (χ4v) is 3.48. The molecule has 3 aromatic heterocycles. The Labute approximate surface area is 204 Å². The predicted molar refractivity (Wildman–Crippen MR) is 123 cm³/mol. The highest BCUT2D eigenvalue weighted by molar-refractivity contribution is 5.98. The van der Waals surface area contributed by atoms with Gasteiger partial charge in [0, 0.05) is 31.3 Å². The SMILES string of the molecule is CC(NC(=O)c1nnc(Nc2cnc(C#N)cn2)cc1NCC1CNCCO1)c1c(F)cncc1F. The average molecular weight is 496 g/mol. The standard InChI is InChI=1S/C22H22F2N10O2/c1-12(20-15(23)9-27-10-16(20)24)31-22(35)21-17(29-8-14-7-26-2-3-36-14)4-18(33-34-21)32-19-11-28-13(5-25)6-30-19/h4,6,9-12,14,26H,2-3,7-8H2,1H3,(H,31,35)(H2,29,30,32,33). The molecule has 1 aliphatic heterocycles. The topological polar surface area (TPSA) is 163 Å². The van der Waals surface area contributed by atoms with Crippen molar-refractivity contribution in [3.63, 3.8) is 0 Å². The summed E-state index contributed by atoms with van der Waals surface area (Å²) in [6, 6.07) is 2.41. The van der Waals surface area contributed by atoms with Crippen LogP contribution in [-0.4, -0.2) is 63.4 Å². The van der Waals surface area contributed by atoms with Gasteiger partial charge >= 0.3 is 0 Å². The van der Waals surface area contributed by atoms with E-state index in [1.807, 2.05) is 6.07 Å². The molecule has 12 nitrogen and oxygen atoms in total. The molecular weight excluding hydrogens is 474 g/mol. The zero-order chi connectivity index (χ0) is 25.5. The quantitative estimate of drug-likeness (QED) is 0.357. The van der Waals surface area contributed by atoms with E-state index < -0.39 is 23.6 Å². The van der Waals surface area contributed by atoms with E-state index in [0.717, 1.165) is 18.9 Å². The van der Waals surface area contributed by atoms with E-state index in [9.17, 15) is 13.6 Å². The second-order valence-corrected chi connectivity index (χ2v) is 7.81. The number of nitrogens with one attached hydrogen (secondary N) is 4. The Morgan fingerprint density at radius 3 is 2.69 bits per heavy atom. The van der Waals surface area contributed by atoms with Gasteiger partial charge in [0.25, 0.3) is 5.91 Å². The van der Waals surface area contributed by atoms with Gasteiger partial charge in [-0.25, -0.2) is 18.7 Å². The fraction of sp³-hybridized carbons (Fsp3) is 0.318.